The zero-order valence-electron chi connectivity index (χ0n) is 9.95. The Morgan fingerprint density at radius 3 is 2.53 bits per heavy atom. The van der Waals surface area contributed by atoms with Crippen molar-refractivity contribution >= 4 is 17.9 Å². The highest BCUT2D eigenvalue weighted by Crippen LogP contribution is 2.29. The Balaban J connectivity index is 2.46. The van der Waals surface area contributed by atoms with Crippen LogP contribution in [0.2, 0.25) is 0 Å². The second kappa shape index (κ2) is 5.03. The first-order chi connectivity index (χ1) is 7.89. The molecule has 1 atom stereocenters. The number of urea groups is 1. The van der Waals surface area contributed by atoms with Crippen LogP contribution in [0.5, 0.6) is 0 Å². The third-order valence-corrected chi connectivity index (χ3v) is 2.96. The van der Waals surface area contributed by atoms with Crippen molar-refractivity contribution in [3.8, 4) is 0 Å². The number of carboxylic acids is 1. The number of hydrogen-bond donors (Lipinski definition) is 3. The minimum atomic E-state index is -0.904. The van der Waals surface area contributed by atoms with Crippen molar-refractivity contribution in [2.24, 2.45) is 5.41 Å². The first kappa shape index (κ1) is 13.3. The number of likely N-dealkylation sites (N-methyl/N-ethyl adjacent to an activating group) is 1. The largest absolute Gasteiger partial charge is 0.481 e. The van der Waals surface area contributed by atoms with Crippen LogP contribution in [-0.4, -0.2) is 54.6 Å². The summed E-state index contributed by atoms with van der Waals surface area (Å²) in [5.74, 6) is -1.20. The van der Waals surface area contributed by atoms with Gasteiger partial charge in [0.2, 0.25) is 5.91 Å². The minimum absolute atomic E-state index is 0.102. The van der Waals surface area contributed by atoms with Gasteiger partial charge in [-0.15, -0.1) is 0 Å². The van der Waals surface area contributed by atoms with Gasteiger partial charge in [0.15, 0.2) is 0 Å². The van der Waals surface area contributed by atoms with E-state index in [1.165, 1.54) is 11.9 Å². The highest BCUT2D eigenvalue weighted by molar-refractivity contribution is 5.84. The fourth-order valence-electron chi connectivity index (χ4n) is 1.67. The molecule has 7 nitrogen and oxygen atoms in total. The molecule has 0 aliphatic carbocycles. The molecule has 1 rings (SSSR count). The number of nitrogens with one attached hydrogen (secondary N) is 2. The Morgan fingerprint density at radius 1 is 1.41 bits per heavy atom. The molecule has 1 heterocycles. The van der Waals surface area contributed by atoms with E-state index in [0.29, 0.717) is 13.0 Å². The number of likely N-dealkylation sites (tertiary alicyclic amines) is 1. The van der Waals surface area contributed by atoms with Crippen molar-refractivity contribution in [3.05, 3.63) is 0 Å². The molecule has 0 aromatic heterocycles. The highest BCUT2D eigenvalue weighted by atomic mass is 16.4. The average Bonchev–Trinajstić information content (AvgIpc) is 2.69. The van der Waals surface area contributed by atoms with Gasteiger partial charge in [-0.3, -0.25) is 9.59 Å². The second-order valence-corrected chi connectivity index (χ2v) is 4.37. The Kier molecular flexibility index (Phi) is 3.93. The van der Waals surface area contributed by atoms with Crippen LogP contribution in [0.3, 0.4) is 0 Å². The van der Waals surface area contributed by atoms with Crippen LogP contribution in [0.1, 0.15) is 13.3 Å². The van der Waals surface area contributed by atoms with Gasteiger partial charge in [0, 0.05) is 20.1 Å². The smallest absolute Gasteiger partial charge is 0.317 e. The molecule has 0 aromatic rings. The van der Waals surface area contributed by atoms with Crippen molar-refractivity contribution in [1.82, 2.24) is 15.5 Å². The van der Waals surface area contributed by atoms with Gasteiger partial charge in [-0.05, 0) is 13.3 Å². The molecule has 3 amide bonds. The molecule has 0 radical (unpaired) electrons. The van der Waals surface area contributed by atoms with Crippen LogP contribution in [-0.2, 0) is 9.59 Å². The normalized spacial score (nSPS) is 23.3. The van der Waals surface area contributed by atoms with Gasteiger partial charge in [0.1, 0.15) is 0 Å². The van der Waals surface area contributed by atoms with Gasteiger partial charge < -0.3 is 20.6 Å². The summed E-state index contributed by atoms with van der Waals surface area (Å²) >= 11 is 0. The molecule has 0 spiro atoms. The van der Waals surface area contributed by atoms with E-state index < -0.39 is 17.4 Å². The van der Waals surface area contributed by atoms with Crippen LogP contribution >= 0.6 is 0 Å². The van der Waals surface area contributed by atoms with E-state index in [2.05, 4.69) is 10.6 Å². The molecular weight excluding hydrogens is 226 g/mol. The maximum atomic E-state index is 11.6. The molecule has 1 fully saturated rings. The van der Waals surface area contributed by atoms with Crippen LogP contribution in [0, 0.1) is 5.41 Å². The number of hydrogen-bond acceptors (Lipinski definition) is 3. The molecule has 0 saturated carbocycles. The number of carbonyl (C=O) groups is 3. The third kappa shape index (κ3) is 3.08. The molecule has 1 aliphatic heterocycles. The molecule has 1 saturated heterocycles. The quantitative estimate of drug-likeness (QED) is 0.606. The molecule has 96 valence electrons. The lowest BCUT2D eigenvalue weighted by atomic mass is 9.90. The summed E-state index contributed by atoms with van der Waals surface area (Å²) in [4.78, 5) is 34.9. The topological polar surface area (TPSA) is 98.7 Å². The third-order valence-electron chi connectivity index (χ3n) is 2.96. The van der Waals surface area contributed by atoms with E-state index in [1.54, 1.807) is 6.92 Å². The summed E-state index contributed by atoms with van der Waals surface area (Å²) in [7, 11) is 1.48. The number of nitrogens with zero attached hydrogens (tertiary/aromatic N) is 1. The molecule has 3 N–H and O–H groups in total. The van der Waals surface area contributed by atoms with Crippen molar-refractivity contribution in [2.45, 2.75) is 13.3 Å². The summed E-state index contributed by atoms with van der Waals surface area (Å²) in [6.45, 7) is 2.07. The minimum Gasteiger partial charge on any atom is -0.481 e. The van der Waals surface area contributed by atoms with Crippen molar-refractivity contribution in [3.63, 3.8) is 0 Å². The average molecular weight is 243 g/mol. The summed E-state index contributed by atoms with van der Waals surface area (Å²) < 4.78 is 0. The fourth-order valence-corrected chi connectivity index (χ4v) is 1.67. The summed E-state index contributed by atoms with van der Waals surface area (Å²) in [5.41, 5.74) is -0.885. The molecule has 1 aliphatic rings. The Labute approximate surface area is 99.2 Å². The summed E-state index contributed by atoms with van der Waals surface area (Å²) in [5, 5.41) is 13.8. The van der Waals surface area contributed by atoms with Crippen LogP contribution in [0.25, 0.3) is 0 Å². The molecule has 17 heavy (non-hydrogen) atoms. The van der Waals surface area contributed by atoms with E-state index in [1.807, 2.05) is 0 Å². The Hall–Kier alpha value is -1.79. The molecule has 7 heteroatoms. The Morgan fingerprint density at radius 2 is 2.06 bits per heavy atom. The molecular formula is C10H17N3O4. The lowest BCUT2D eigenvalue weighted by Crippen LogP contribution is -2.44. The predicted molar refractivity (Wildman–Crippen MR) is 59.4 cm³/mol. The number of rotatable bonds is 3. The van der Waals surface area contributed by atoms with E-state index in [0.717, 1.165) is 0 Å². The number of aliphatic carboxylic acids is 1. The van der Waals surface area contributed by atoms with Gasteiger partial charge in [-0.2, -0.15) is 0 Å². The maximum Gasteiger partial charge on any atom is 0.317 e. The molecule has 0 bridgehead atoms. The number of carbonyl (C=O) groups excluding carboxylic acids is 2. The first-order valence-electron chi connectivity index (χ1n) is 5.36. The van der Waals surface area contributed by atoms with Gasteiger partial charge in [-0.1, -0.05) is 0 Å². The van der Waals surface area contributed by atoms with E-state index in [4.69, 9.17) is 5.11 Å². The van der Waals surface area contributed by atoms with Crippen molar-refractivity contribution in [2.75, 3.05) is 26.7 Å². The number of amides is 3. The molecule has 1 unspecified atom stereocenters. The first-order valence-corrected chi connectivity index (χ1v) is 5.36. The second-order valence-electron chi connectivity index (χ2n) is 4.37. The highest BCUT2D eigenvalue weighted by Gasteiger charge is 2.42. The SMILES string of the molecule is CNC(=O)CNC(=O)N1CCC(C)(C(=O)O)C1. The number of carboxylic acid groups (broad SMARTS) is 1. The Bertz CT molecular complexity index is 344. The van der Waals surface area contributed by atoms with Crippen molar-refractivity contribution < 1.29 is 19.5 Å². The van der Waals surface area contributed by atoms with Crippen LogP contribution in [0.4, 0.5) is 4.79 Å². The predicted octanol–water partition coefficient (Wildman–Crippen LogP) is -0.761. The van der Waals surface area contributed by atoms with E-state index in [9.17, 15) is 14.4 Å². The maximum absolute atomic E-state index is 11.6. The lowest BCUT2D eigenvalue weighted by molar-refractivity contribution is -0.147. The van der Waals surface area contributed by atoms with E-state index >= 15 is 0 Å². The van der Waals surface area contributed by atoms with Crippen LogP contribution < -0.4 is 10.6 Å². The van der Waals surface area contributed by atoms with Gasteiger partial charge in [-0.25, -0.2) is 4.79 Å². The fraction of sp³-hybridized carbons (Fsp3) is 0.700. The summed E-state index contributed by atoms with van der Waals surface area (Å²) in [6, 6.07) is -0.404. The van der Waals surface area contributed by atoms with Crippen LogP contribution in [0.15, 0.2) is 0 Å². The van der Waals surface area contributed by atoms with Gasteiger partial charge >= 0.3 is 12.0 Å². The standard InChI is InChI=1S/C10H17N3O4/c1-10(8(15)16)3-4-13(6-10)9(17)12-5-7(14)11-2/h3-6H2,1-2H3,(H,11,14)(H,12,17)(H,15,16). The zero-order valence-corrected chi connectivity index (χ0v) is 9.95. The summed E-state index contributed by atoms with van der Waals surface area (Å²) in [6.07, 6.45) is 0.426. The zero-order chi connectivity index (χ0) is 13.1. The van der Waals surface area contributed by atoms with Gasteiger partial charge in [0.25, 0.3) is 0 Å². The lowest BCUT2D eigenvalue weighted by Gasteiger charge is -2.20. The van der Waals surface area contributed by atoms with E-state index in [-0.39, 0.29) is 19.0 Å². The monoisotopic (exact) mass is 243 g/mol. The molecule has 0 aromatic carbocycles. The van der Waals surface area contributed by atoms with Crippen molar-refractivity contribution in [1.29, 1.82) is 0 Å². The van der Waals surface area contributed by atoms with Gasteiger partial charge in [0.05, 0.1) is 12.0 Å².